The van der Waals surface area contributed by atoms with Crippen LogP contribution in [-0.4, -0.2) is 31.8 Å². The van der Waals surface area contributed by atoms with Crippen LogP contribution < -0.4 is 10.5 Å². The van der Waals surface area contributed by atoms with E-state index in [1.807, 2.05) is 0 Å². The topological polar surface area (TPSA) is 68.3 Å². The van der Waals surface area contributed by atoms with Gasteiger partial charge >= 0.3 is 6.18 Å². The van der Waals surface area contributed by atoms with Gasteiger partial charge in [-0.15, -0.1) is 0 Å². The molecule has 0 aromatic heterocycles. The summed E-state index contributed by atoms with van der Waals surface area (Å²) in [5.74, 6) is -1.18. The van der Waals surface area contributed by atoms with Crippen LogP contribution in [0.15, 0.2) is 18.2 Å². The maximum atomic E-state index is 13.4. The minimum Gasteiger partial charge on any atom is -0.488 e. The highest BCUT2D eigenvalue weighted by Gasteiger charge is 2.27. The summed E-state index contributed by atoms with van der Waals surface area (Å²) < 4.78 is 57.8. The number of nitrogens with one attached hydrogen (secondary N) is 1. The Balaban J connectivity index is 2.40. The number of hydrogen-bond donors (Lipinski definition) is 2. The maximum Gasteiger partial charge on any atom is 0.411 e. The molecule has 0 saturated heterocycles. The fraction of sp³-hybridized carbons (Fsp3) is 0.364. The first-order chi connectivity index (χ1) is 8.79. The van der Waals surface area contributed by atoms with Crippen LogP contribution in [0.25, 0.3) is 0 Å². The number of hydrogen-bond acceptors (Lipinski definition) is 3. The van der Waals surface area contributed by atoms with E-state index in [1.165, 1.54) is 12.1 Å². The van der Waals surface area contributed by atoms with E-state index in [0.29, 0.717) is 0 Å². The van der Waals surface area contributed by atoms with Crippen molar-refractivity contribution >= 4 is 5.84 Å². The summed E-state index contributed by atoms with van der Waals surface area (Å²) in [5.41, 5.74) is 5.36. The van der Waals surface area contributed by atoms with Crippen LogP contribution in [0.5, 0.6) is 5.75 Å². The monoisotopic (exact) mass is 280 g/mol. The summed E-state index contributed by atoms with van der Waals surface area (Å²) in [6.45, 7) is -1.90. The number of halogens is 4. The minimum atomic E-state index is -4.39. The molecule has 0 aliphatic rings. The first-order valence-electron chi connectivity index (χ1n) is 5.21. The van der Waals surface area contributed by atoms with E-state index in [9.17, 15) is 17.6 Å². The molecule has 0 saturated carbocycles. The zero-order valence-corrected chi connectivity index (χ0v) is 9.76. The summed E-state index contributed by atoms with van der Waals surface area (Å²) in [6, 6.07) is 3.63. The standard InChI is InChI=1S/C11H12F4N2O2/c12-8-5-7(10(16)17)1-2-9(8)19-4-3-18-6-11(13,14)15/h1-2,5H,3-4,6H2,(H3,16,17). The third kappa shape index (κ3) is 5.56. The average molecular weight is 280 g/mol. The molecule has 8 heteroatoms. The molecular weight excluding hydrogens is 268 g/mol. The van der Waals surface area contributed by atoms with Gasteiger partial charge in [-0.1, -0.05) is 0 Å². The number of alkyl halides is 3. The van der Waals surface area contributed by atoms with Crippen molar-refractivity contribution in [3.05, 3.63) is 29.6 Å². The van der Waals surface area contributed by atoms with Crippen LogP contribution in [0, 0.1) is 11.2 Å². The molecule has 0 aliphatic heterocycles. The fourth-order valence-electron chi connectivity index (χ4n) is 1.18. The molecule has 0 radical (unpaired) electrons. The molecule has 0 spiro atoms. The average Bonchev–Trinajstić information content (AvgIpc) is 2.28. The van der Waals surface area contributed by atoms with Crippen molar-refractivity contribution in [1.29, 1.82) is 5.41 Å². The van der Waals surface area contributed by atoms with E-state index in [4.69, 9.17) is 15.9 Å². The van der Waals surface area contributed by atoms with Gasteiger partial charge in [0.25, 0.3) is 0 Å². The van der Waals surface area contributed by atoms with Gasteiger partial charge in [-0.25, -0.2) is 4.39 Å². The quantitative estimate of drug-likeness (QED) is 0.363. The number of amidine groups is 1. The smallest absolute Gasteiger partial charge is 0.411 e. The van der Waals surface area contributed by atoms with Crippen molar-refractivity contribution in [3.63, 3.8) is 0 Å². The number of nitrogens with two attached hydrogens (primary N) is 1. The van der Waals surface area contributed by atoms with Gasteiger partial charge in [-0.2, -0.15) is 13.2 Å². The number of nitrogen functional groups attached to an aromatic ring is 1. The fourth-order valence-corrected chi connectivity index (χ4v) is 1.18. The molecule has 0 aliphatic carbocycles. The van der Waals surface area contributed by atoms with E-state index in [1.54, 1.807) is 0 Å². The van der Waals surface area contributed by atoms with Crippen molar-refractivity contribution in [3.8, 4) is 5.75 Å². The van der Waals surface area contributed by atoms with Crippen LogP contribution in [0.2, 0.25) is 0 Å². The predicted octanol–water partition coefficient (Wildman–Crippen LogP) is 2.07. The highest BCUT2D eigenvalue weighted by atomic mass is 19.4. The number of benzene rings is 1. The SMILES string of the molecule is N=C(N)c1ccc(OCCOCC(F)(F)F)c(F)c1. The summed E-state index contributed by atoms with van der Waals surface area (Å²) in [6.07, 6.45) is -4.39. The zero-order chi connectivity index (χ0) is 14.5. The van der Waals surface area contributed by atoms with Gasteiger partial charge < -0.3 is 15.2 Å². The first kappa shape index (κ1) is 15.2. The van der Waals surface area contributed by atoms with Gasteiger partial charge in [0.1, 0.15) is 19.0 Å². The molecule has 0 bridgehead atoms. The molecule has 106 valence electrons. The largest absolute Gasteiger partial charge is 0.488 e. The number of ether oxygens (including phenoxy) is 2. The van der Waals surface area contributed by atoms with Crippen LogP contribution in [0.3, 0.4) is 0 Å². The van der Waals surface area contributed by atoms with Gasteiger partial charge in [0.2, 0.25) is 0 Å². The maximum absolute atomic E-state index is 13.4. The molecule has 1 aromatic rings. The summed E-state index contributed by atoms with van der Waals surface area (Å²) in [4.78, 5) is 0. The van der Waals surface area contributed by atoms with Gasteiger partial charge in [0, 0.05) is 5.56 Å². The Kier molecular flexibility index (Phi) is 5.11. The molecule has 1 rings (SSSR count). The Hall–Kier alpha value is -1.83. The first-order valence-corrected chi connectivity index (χ1v) is 5.21. The van der Waals surface area contributed by atoms with Crippen molar-refractivity contribution in [1.82, 2.24) is 0 Å². The number of rotatable bonds is 6. The Morgan fingerprint density at radius 1 is 1.26 bits per heavy atom. The molecule has 4 nitrogen and oxygen atoms in total. The molecule has 0 amide bonds. The molecule has 0 fully saturated rings. The van der Waals surface area contributed by atoms with E-state index in [-0.39, 0.29) is 30.4 Å². The third-order valence-corrected chi connectivity index (χ3v) is 1.99. The van der Waals surface area contributed by atoms with E-state index < -0.39 is 18.6 Å². The van der Waals surface area contributed by atoms with Crippen molar-refractivity contribution in [2.24, 2.45) is 5.73 Å². The van der Waals surface area contributed by atoms with Gasteiger partial charge in [0.05, 0.1) is 6.61 Å². The minimum absolute atomic E-state index is 0.138. The normalized spacial score (nSPS) is 11.4. The van der Waals surface area contributed by atoms with Gasteiger partial charge in [-0.05, 0) is 18.2 Å². The second-order valence-corrected chi connectivity index (χ2v) is 3.58. The second kappa shape index (κ2) is 6.37. The Morgan fingerprint density at radius 3 is 2.47 bits per heavy atom. The highest BCUT2D eigenvalue weighted by molar-refractivity contribution is 5.95. The van der Waals surface area contributed by atoms with Crippen LogP contribution >= 0.6 is 0 Å². The van der Waals surface area contributed by atoms with Crippen LogP contribution in [0.1, 0.15) is 5.56 Å². The van der Waals surface area contributed by atoms with E-state index in [2.05, 4.69) is 4.74 Å². The molecule has 0 heterocycles. The zero-order valence-electron chi connectivity index (χ0n) is 9.76. The molecular formula is C11H12F4N2O2. The third-order valence-electron chi connectivity index (χ3n) is 1.99. The lowest BCUT2D eigenvalue weighted by atomic mass is 10.2. The van der Waals surface area contributed by atoms with Crippen LogP contribution in [-0.2, 0) is 4.74 Å². The Labute approximate surface area is 106 Å². The lowest BCUT2D eigenvalue weighted by Crippen LogP contribution is -2.19. The van der Waals surface area contributed by atoms with Crippen LogP contribution in [0.4, 0.5) is 17.6 Å². The lowest BCUT2D eigenvalue weighted by molar-refractivity contribution is -0.175. The van der Waals surface area contributed by atoms with E-state index in [0.717, 1.165) is 6.07 Å². The van der Waals surface area contributed by atoms with Gasteiger partial charge in [-0.3, -0.25) is 5.41 Å². The van der Waals surface area contributed by atoms with Crippen molar-refractivity contribution < 1.29 is 27.0 Å². The van der Waals surface area contributed by atoms with Crippen molar-refractivity contribution in [2.45, 2.75) is 6.18 Å². The molecule has 19 heavy (non-hydrogen) atoms. The highest BCUT2D eigenvalue weighted by Crippen LogP contribution is 2.18. The Morgan fingerprint density at radius 2 is 1.95 bits per heavy atom. The van der Waals surface area contributed by atoms with E-state index >= 15 is 0 Å². The van der Waals surface area contributed by atoms with Gasteiger partial charge in [0.15, 0.2) is 11.6 Å². The summed E-state index contributed by atoms with van der Waals surface area (Å²) >= 11 is 0. The molecule has 1 aromatic carbocycles. The molecule has 0 atom stereocenters. The Bertz CT molecular complexity index is 449. The predicted molar refractivity (Wildman–Crippen MR) is 59.8 cm³/mol. The second-order valence-electron chi connectivity index (χ2n) is 3.58. The summed E-state index contributed by atoms with van der Waals surface area (Å²) in [5, 5.41) is 7.10. The lowest BCUT2D eigenvalue weighted by Gasteiger charge is -2.10. The summed E-state index contributed by atoms with van der Waals surface area (Å²) in [7, 11) is 0. The molecule has 0 unspecified atom stereocenters. The van der Waals surface area contributed by atoms with Crippen molar-refractivity contribution in [2.75, 3.05) is 19.8 Å². The molecule has 3 N–H and O–H groups in total.